The molecule has 5 heteroatoms. The molecule has 4 N–H and O–H groups in total. The van der Waals surface area contributed by atoms with Crippen LogP contribution in [0.1, 0.15) is 26.2 Å². The van der Waals surface area contributed by atoms with Crippen molar-refractivity contribution in [2.45, 2.75) is 44.6 Å². The van der Waals surface area contributed by atoms with Gasteiger partial charge in [-0.15, -0.1) is 0 Å². The first-order valence-corrected chi connectivity index (χ1v) is 5.98. The number of hydrogen-bond acceptors (Lipinski definition) is 4. The second-order valence-electron chi connectivity index (χ2n) is 4.99. The Bertz CT molecular complexity index is 227. The minimum Gasteiger partial charge on any atom is -0.427 e. The van der Waals surface area contributed by atoms with Gasteiger partial charge in [-0.1, -0.05) is 6.42 Å². The molecule has 0 unspecified atom stereocenters. The molecule has 2 fully saturated rings. The quantitative estimate of drug-likeness (QED) is 0.478. The lowest BCUT2D eigenvalue weighted by atomic mass is 9.71. The van der Waals surface area contributed by atoms with Crippen LogP contribution in [-0.2, 0) is 0 Å². The fourth-order valence-electron chi connectivity index (χ4n) is 3.28. The smallest absolute Gasteiger partial charge is 0.427 e. The van der Waals surface area contributed by atoms with Crippen LogP contribution in [0.4, 0.5) is 0 Å². The van der Waals surface area contributed by atoms with Crippen molar-refractivity contribution in [2.75, 3.05) is 13.1 Å². The Morgan fingerprint density at radius 3 is 2.93 bits per heavy atom. The van der Waals surface area contributed by atoms with Crippen LogP contribution in [0.3, 0.4) is 0 Å². The SMILES string of the molecule is C[C@H]1NC[C@@H]2NCC[C@@]21CCCB(O)O. The maximum atomic E-state index is 8.85. The van der Waals surface area contributed by atoms with Crippen LogP contribution in [0.25, 0.3) is 0 Å². The summed E-state index contributed by atoms with van der Waals surface area (Å²) in [6.07, 6.45) is 3.72. The van der Waals surface area contributed by atoms with E-state index in [0.717, 1.165) is 25.9 Å². The Morgan fingerprint density at radius 1 is 1.40 bits per heavy atom. The minimum absolute atomic E-state index is 0.356. The number of rotatable bonds is 4. The molecule has 2 rings (SSSR count). The Kier molecular flexibility index (Phi) is 3.35. The van der Waals surface area contributed by atoms with E-state index < -0.39 is 7.12 Å². The van der Waals surface area contributed by atoms with Crippen LogP contribution < -0.4 is 10.6 Å². The zero-order valence-corrected chi connectivity index (χ0v) is 9.37. The van der Waals surface area contributed by atoms with Crippen molar-refractivity contribution in [3.05, 3.63) is 0 Å². The van der Waals surface area contributed by atoms with Crippen LogP contribution in [0.2, 0.25) is 6.32 Å². The van der Waals surface area contributed by atoms with E-state index in [1.807, 2.05) is 0 Å². The van der Waals surface area contributed by atoms with E-state index in [0.29, 0.717) is 23.8 Å². The van der Waals surface area contributed by atoms with Crippen molar-refractivity contribution in [3.8, 4) is 0 Å². The topological polar surface area (TPSA) is 64.5 Å². The van der Waals surface area contributed by atoms with Crippen molar-refractivity contribution in [2.24, 2.45) is 5.41 Å². The maximum Gasteiger partial charge on any atom is 0.451 e. The molecule has 2 aliphatic rings. The van der Waals surface area contributed by atoms with Gasteiger partial charge in [-0.05, 0) is 32.6 Å². The molecular formula is C10H21BN2O2. The third-order valence-electron chi connectivity index (χ3n) is 4.27. The lowest BCUT2D eigenvalue weighted by Crippen LogP contribution is -2.39. The van der Waals surface area contributed by atoms with Gasteiger partial charge >= 0.3 is 7.12 Å². The van der Waals surface area contributed by atoms with Gasteiger partial charge in [0.05, 0.1) is 0 Å². The first-order valence-electron chi connectivity index (χ1n) is 5.98. The summed E-state index contributed by atoms with van der Waals surface area (Å²) in [6, 6.07) is 1.14. The summed E-state index contributed by atoms with van der Waals surface area (Å²) in [4.78, 5) is 0. The van der Waals surface area contributed by atoms with E-state index in [4.69, 9.17) is 10.0 Å². The van der Waals surface area contributed by atoms with E-state index in [1.165, 1.54) is 6.42 Å². The molecule has 0 saturated carbocycles. The lowest BCUT2D eigenvalue weighted by Gasteiger charge is -2.32. The molecule has 2 heterocycles. The highest BCUT2D eigenvalue weighted by Gasteiger charge is 2.50. The Morgan fingerprint density at radius 2 is 2.20 bits per heavy atom. The molecule has 0 aromatic rings. The summed E-state index contributed by atoms with van der Waals surface area (Å²) in [5, 5.41) is 24.8. The molecule has 0 aliphatic carbocycles. The van der Waals surface area contributed by atoms with Crippen molar-refractivity contribution in [1.29, 1.82) is 0 Å². The van der Waals surface area contributed by atoms with Crippen molar-refractivity contribution in [1.82, 2.24) is 10.6 Å². The third kappa shape index (κ3) is 2.06. The summed E-state index contributed by atoms with van der Waals surface area (Å²) >= 11 is 0. The molecule has 0 aromatic carbocycles. The molecule has 0 bridgehead atoms. The van der Waals surface area contributed by atoms with Gasteiger partial charge in [0, 0.05) is 24.0 Å². The molecule has 2 saturated heterocycles. The monoisotopic (exact) mass is 212 g/mol. The van der Waals surface area contributed by atoms with Crippen LogP contribution in [0.5, 0.6) is 0 Å². The fraction of sp³-hybridized carbons (Fsp3) is 1.00. The average molecular weight is 212 g/mol. The summed E-state index contributed by atoms with van der Waals surface area (Å²) in [7, 11) is -1.14. The van der Waals surface area contributed by atoms with E-state index in [2.05, 4.69) is 17.6 Å². The second kappa shape index (κ2) is 4.41. The van der Waals surface area contributed by atoms with E-state index in [-0.39, 0.29) is 0 Å². The summed E-state index contributed by atoms with van der Waals surface area (Å²) in [5.41, 5.74) is 0.356. The van der Waals surface area contributed by atoms with Gasteiger partial charge in [-0.2, -0.15) is 0 Å². The Hall–Kier alpha value is -0.0951. The Balaban J connectivity index is 1.91. The fourth-order valence-corrected chi connectivity index (χ4v) is 3.28. The molecule has 4 nitrogen and oxygen atoms in total. The molecule has 0 radical (unpaired) electrons. The van der Waals surface area contributed by atoms with Gasteiger partial charge in [-0.3, -0.25) is 0 Å². The normalized spacial score (nSPS) is 39.4. The van der Waals surface area contributed by atoms with Crippen LogP contribution in [0, 0.1) is 5.41 Å². The molecule has 0 spiro atoms. The zero-order valence-electron chi connectivity index (χ0n) is 9.37. The largest absolute Gasteiger partial charge is 0.451 e. The van der Waals surface area contributed by atoms with E-state index >= 15 is 0 Å². The predicted molar refractivity (Wildman–Crippen MR) is 60.5 cm³/mol. The summed E-state index contributed by atoms with van der Waals surface area (Å²) < 4.78 is 0. The first-order chi connectivity index (χ1) is 7.15. The maximum absolute atomic E-state index is 8.85. The standard InChI is InChI=1S/C10H21BN2O2/c1-8-10(3-2-5-11(14)15)4-6-12-9(10)7-13-8/h8-9,12-15H,2-7H2,1H3/t8-,9+,10-/m1/s1. The number of nitrogens with one attached hydrogen (secondary N) is 2. The zero-order chi connectivity index (χ0) is 10.9. The highest BCUT2D eigenvalue weighted by molar-refractivity contribution is 6.40. The van der Waals surface area contributed by atoms with E-state index in [9.17, 15) is 0 Å². The third-order valence-corrected chi connectivity index (χ3v) is 4.27. The van der Waals surface area contributed by atoms with Crippen molar-refractivity contribution in [3.63, 3.8) is 0 Å². The molecule has 0 aromatic heterocycles. The lowest BCUT2D eigenvalue weighted by molar-refractivity contribution is 0.228. The number of hydrogen-bond donors (Lipinski definition) is 4. The minimum atomic E-state index is -1.14. The van der Waals surface area contributed by atoms with Crippen LogP contribution in [-0.4, -0.2) is 42.3 Å². The molecule has 15 heavy (non-hydrogen) atoms. The highest BCUT2D eigenvalue weighted by atomic mass is 16.4. The number of fused-ring (bicyclic) bond motifs is 1. The van der Waals surface area contributed by atoms with Crippen LogP contribution >= 0.6 is 0 Å². The van der Waals surface area contributed by atoms with Gasteiger partial charge in [0.15, 0.2) is 0 Å². The summed E-state index contributed by atoms with van der Waals surface area (Å²) in [6.45, 7) is 4.42. The van der Waals surface area contributed by atoms with Crippen molar-refractivity contribution >= 4 is 7.12 Å². The van der Waals surface area contributed by atoms with Gasteiger partial charge in [0.2, 0.25) is 0 Å². The van der Waals surface area contributed by atoms with Gasteiger partial charge < -0.3 is 20.7 Å². The average Bonchev–Trinajstić information content (AvgIpc) is 2.68. The molecule has 0 amide bonds. The Labute approximate surface area is 91.6 Å². The van der Waals surface area contributed by atoms with Gasteiger partial charge in [0.25, 0.3) is 0 Å². The summed E-state index contributed by atoms with van der Waals surface area (Å²) in [5.74, 6) is 0. The molecular weight excluding hydrogens is 191 g/mol. The second-order valence-corrected chi connectivity index (χ2v) is 4.99. The first kappa shape index (κ1) is 11.4. The van der Waals surface area contributed by atoms with Gasteiger partial charge in [-0.25, -0.2) is 0 Å². The van der Waals surface area contributed by atoms with Crippen LogP contribution in [0.15, 0.2) is 0 Å². The van der Waals surface area contributed by atoms with E-state index in [1.54, 1.807) is 0 Å². The molecule has 2 aliphatic heterocycles. The predicted octanol–water partition coefficient (Wildman–Crippen LogP) is -0.421. The van der Waals surface area contributed by atoms with Crippen molar-refractivity contribution < 1.29 is 10.0 Å². The van der Waals surface area contributed by atoms with Gasteiger partial charge in [0.1, 0.15) is 0 Å². The molecule has 3 atom stereocenters. The highest BCUT2D eigenvalue weighted by Crippen LogP contribution is 2.43. The molecule has 86 valence electrons.